The van der Waals surface area contributed by atoms with E-state index in [1.165, 1.54) is 19.3 Å². The Morgan fingerprint density at radius 2 is 2.00 bits per heavy atom. The van der Waals surface area contributed by atoms with Gasteiger partial charge in [-0.3, -0.25) is 4.99 Å². The molecule has 5 heteroatoms. The summed E-state index contributed by atoms with van der Waals surface area (Å²) in [6.45, 7) is 10.2. The third-order valence-corrected chi connectivity index (χ3v) is 4.48. The summed E-state index contributed by atoms with van der Waals surface area (Å²) >= 11 is 0. The molecule has 0 radical (unpaired) electrons. The maximum Gasteiger partial charge on any atom is 0.193 e. The van der Waals surface area contributed by atoms with Crippen LogP contribution in [0.5, 0.6) is 0 Å². The Morgan fingerprint density at radius 1 is 1.36 bits per heavy atom. The van der Waals surface area contributed by atoms with E-state index in [1.807, 2.05) is 7.05 Å². The minimum Gasteiger partial charge on any atom is -0.381 e. The van der Waals surface area contributed by atoms with Gasteiger partial charge in [0.1, 0.15) is 0 Å². The number of hydrogen-bond donors (Lipinski definition) is 1. The Morgan fingerprint density at radius 3 is 2.50 bits per heavy atom. The monoisotopic (exact) mass is 313 g/mol. The first-order chi connectivity index (χ1) is 10.4. The minimum atomic E-state index is 0.112. The van der Waals surface area contributed by atoms with Gasteiger partial charge in [-0.25, -0.2) is 0 Å². The fourth-order valence-electron chi connectivity index (χ4n) is 2.83. The van der Waals surface area contributed by atoms with Gasteiger partial charge in [-0.1, -0.05) is 20.8 Å². The van der Waals surface area contributed by atoms with Crippen LogP contribution in [0.15, 0.2) is 4.99 Å². The number of methoxy groups -OCH3 is 1. The highest BCUT2D eigenvalue weighted by Gasteiger charge is 2.24. The van der Waals surface area contributed by atoms with Gasteiger partial charge in [-0.05, 0) is 30.6 Å². The maximum absolute atomic E-state index is 5.59. The molecular formula is C17H35N3O2. The van der Waals surface area contributed by atoms with Gasteiger partial charge in [0.05, 0.1) is 6.10 Å². The van der Waals surface area contributed by atoms with Crippen LogP contribution in [0.25, 0.3) is 0 Å². The molecule has 0 aromatic heterocycles. The van der Waals surface area contributed by atoms with Crippen LogP contribution in [-0.4, -0.2) is 64.5 Å². The Balaban J connectivity index is 2.39. The first kappa shape index (κ1) is 19.2. The summed E-state index contributed by atoms with van der Waals surface area (Å²) in [5, 5.41) is 3.44. The van der Waals surface area contributed by atoms with Gasteiger partial charge in [-0.15, -0.1) is 0 Å². The molecule has 1 aliphatic rings. The Hall–Kier alpha value is -0.810. The van der Waals surface area contributed by atoms with Gasteiger partial charge in [0.25, 0.3) is 0 Å². The molecule has 1 saturated heterocycles. The largest absolute Gasteiger partial charge is 0.381 e. The van der Waals surface area contributed by atoms with Crippen molar-refractivity contribution in [3.63, 3.8) is 0 Å². The van der Waals surface area contributed by atoms with Crippen LogP contribution in [0.2, 0.25) is 0 Å². The summed E-state index contributed by atoms with van der Waals surface area (Å²) in [6.07, 6.45) is 3.74. The van der Waals surface area contributed by atoms with Crippen molar-refractivity contribution in [1.29, 1.82) is 0 Å². The van der Waals surface area contributed by atoms with Crippen LogP contribution >= 0.6 is 0 Å². The van der Waals surface area contributed by atoms with Crippen LogP contribution in [0.4, 0.5) is 0 Å². The van der Waals surface area contributed by atoms with E-state index in [2.05, 4.69) is 43.0 Å². The highest BCUT2D eigenvalue weighted by molar-refractivity contribution is 5.79. The van der Waals surface area contributed by atoms with Crippen molar-refractivity contribution in [2.75, 3.05) is 47.5 Å². The zero-order chi connectivity index (χ0) is 16.6. The average molecular weight is 313 g/mol. The fraction of sp³-hybridized carbons (Fsp3) is 0.941. The minimum absolute atomic E-state index is 0.112. The summed E-state index contributed by atoms with van der Waals surface area (Å²) in [5.74, 6) is 1.73. The molecular weight excluding hydrogens is 278 g/mol. The number of rotatable bonds is 6. The number of hydrogen-bond acceptors (Lipinski definition) is 3. The fourth-order valence-corrected chi connectivity index (χ4v) is 2.83. The molecule has 0 bridgehead atoms. The van der Waals surface area contributed by atoms with Crippen LogP contribution in [0.3, 0.4) is 0 Å². The third kappa shape index (κ3) is 6.53. The van der Waals surface area contributed by atoms with Gasteiger partial charge >= 0.3 is 0 Å². The first-order valence-electron chi connectivity index (χ1n) is 8.40. The molecule has 0 aromatic carbocycles. The number of nitrogens with zero attached hydrogens (tertiary/aromatic N) is 2. The molecule has 5 nitrogen and oxygen atoms in total. The summed E-state index contributed by atoms with van der Waals surface area (Å²) in [4.78, 5) is 6.60. The van der Waals surface area contributed by atoms with E-state index in [1.54, 1.807) is 7.11 Å². The SMILES string of the molecule is CN=C(NCC(OC)C(C)(C)C)N(C)CCC1CCOCC1. The second-order valence-electron chi connectivity index (χ2n) is 7.28. The molecule has 0 spiro atoms. The van der Waals surface area contributed by atoms with Crippen molar-refractivity contribution in [2.45, 2.75) is 46.1 Å². The Kier molecular flexibility index (Phi) is 8.18. The lowest BCUT2D eigenvalue weighted by Gasteiger charge is -2.32. The lowest BCUT2D eigenvalue weighted by molar-refractivity contribution is 0.0201. The van der Waals surface area contributed by atoms with Gasteiger partial charge < -0.3 is 19.7 Å². The molecule has 1 heterocycles. The molecule has 0 saturated carbocycles. The molecule has 0 aliphatic carbocycles. The molecule has 130 valence electrons. The summed E-state index contributed by atoms with van der Waals surface area (Å²) in [6, 6.07) is 0. The van der Waals surface area contributed by atoms with E-state index >= 15 is 0 Å². The summed E-state index contributed by atoms with van der Waals surface area (Å²) < 4.78 is 11.0. The van der Waals surface area contributed by atoms with Gasteiger partial charge in [0.2, 0.25) is 0 Å². The molecule has 1 N–H and O–H groups in total. The Labute approximate surface area is 136 Å². The predicted molar refractivity (Wildman–Crippen MR) is 92.4 cm³/mol. The number of nitrogens with one attached hydrogen (secondary N) is 1. The number of ether oxygens (including phenoxy) is 2. The standard InChI is InChI=1S/C17H35N3O2/c1-17(2,3)15(21-6)13-19-16(18-4)20(5)10-7-14-8-11-22-12-9-14/h14-15H,7-13H2,1-6H3,(H,18,19). The molecule has 1 fully saturated rings. The highest BCUT2D eigenvalue weighted by Crippen LogP contribution is 2.21. The maximum atomic E-state index is 5.59. The quantitative estimate of drug-likeness (QED) is 0.604. The van der Waals surface area contributed by atoms with Crippen molar-refractivity contribution in [3.8, 4) is 0 Å². The second kappa shape index (κ2) is 9.36. The summed E-state index contributed by atoms with van der Waals surface area (Å²) in [5.41, 5.74) is 0.112. The molecule has 1 rings (SSSR count). The van der Waals surface area contributed by atoms with Crippen molar-refractivity contribution in [3.05, 3.63) is 0 Å². The van der Waals surface area contributed by atoms with Crippen LogP contribution in [0.1, 0.15) is 40.0 Å². The topological polar surface area (TPSA) is 46.1 Å². The van der Waals surface area contributed by atoms with Crippen molar-refractivity contribution in [2.24, 2.45) is 16.3 Å². The van der Waals surface area contributed by atoms with Crippen LogP contribution in [-0.2, 0) is 9.47 Å². The number of guanidine groups is 1. The zero-order valence-corrected chi connectivity index (χ0v) is 15.3. The Bertz CT molecular complexity index is 333. The van der Waals surface area contributed by atoms with Crippen molar-refractivity contribution in [1.82, 2.24) is 10.2 Å². The van der Waals surface area contributed by atoms with Crippen LogP contribution < -0.4 is 5.32 Å². The van der Waals surface area contributed by atoms with Crippen molar-refractivity contribution < 1.29 is 9.47 Å². The number of aliphatic imine (C=N–C) groups is 1. The second-order valence-corrected chi connectivity index (χ2v) is 7.28. The van der Waals surface area contributed by atoms with Gasteiger partial charge in [0, 0.05) is 47.5 Å². The molecule has 1 aliphatic heterocycles. The van der Waals surface area contributed by atoms with E-state index in [9.17, 15) is 0 Å². The van der Waals surface area contributed by atoms with Crippen molar-refractivity contribution >= 4 is 5.96 Å². The smallest absolute Gasteiger partial charge is 0.193 e. The van der Waals surface area contributed by atoms with E-state index in [-0.39, 0.29) is 11.5 Å². The summed E-state index contributed by atoms with van der Waals surface area (Å²) in [7, 11) is 5.72. The average Bonchev–Trinajstić information content (AvgIpc) is 2.49. The third-order valence-electron chi connectivity index (χ3n) is 4.48. The first-order valence-corrected chi connectivity index (χ1v) is 8.40. The van der Waals surface area contributed by atoms with Gasteiger partial charge in [-0.2, -0.15) is 0 Å². The molecule has 1 unspecified atom stereocenters. The molecule has 1 atom stereocenters. The zero-order valence-electron chi connectivity index (χ0n) is 15.3. The van der Waals surface area contributed by atoms with Gasteiger partial charge in [0.15, 0.2) is 5.96 Å². The lowest BCUT2D eigenvalue weighted by Crippen LogP contribution is -2.46. The highest BCUT2D eigenvalue weighted by atomic mass is 16.5. The molecule has 22 heavy (non-hydrogen) atoms. The van der Waals surface area contributed by atoms with E-state index in [0.29, 0.717) is 0 Å². The van der Waals surface area contributed by atoms with E-state index in [4.69, 9.17) is 9.47 Å². The lowest BCUT2D eigenvalue weighted by atomic mass is 9.89. The molecule has 0 aromatic rings. The molecule has 0 amide bonds. The van der Waals surface area contributed by atoms with E-state index in [0.717, 1.165) is 38.2 Å². The van der Waals surface area contributed by atoms with E-state index < -0.39 is 0 Å². The predicted octanol–water partition coefficient (Wildman–Crippen LogP) is 2.37. The normalized spacial score (nSPS) is 19.1. The van der Waals surface area contributed by atoms with Crippen LogP contribution in [0, 0.1) is 11.3 Å².